The Hall–Kier alpha value is -2.81. The molecule has 0 aliphatic heterocycles. The molecule has 8 nitrogen and oxygen atoms in total. The quantitative estimate of drug-likeness (QED) is 0.324. The van der Waals surface area contributed by atoms with E-state index in [-0.39, 0.29) is 5.91 Å². The lowest BCUT2D eigenvalue weighted by Crippen LogP contribution is -2.27. The summed E-state index contributed by atoms with van der Waals surface area (Å²) in [6.07, 6.45) is 3.85. The van der Waals surface area contributed by atoms with Gasteiger partial charge >= 0.3 is 0 Å². The van der Waals surface area contributed by atoms with E-state index in [0.29, 0.717) is 25.3 Å². The van der Waals surface area contributed by atoms with Gasteiger partial charge in [0.25, 0.3) is 5.91 Å². The van der Waals surface area contributed by atoms with Crippen molar-refractivity contribution in [2.24, 2.45) is 0 Å². The van der Waals surface area contributed by atoms with Crippen LogP contribution in [0.25, 0.3) is 11.0 Å². The first-order chi connectivity index (χ1) is 15.2. The predicted octanol–water partition coefficient (Wildman–Crippen LogP) is 3.98. The number of nitrogens with one attached hydrogen (secondary N) is 2. The molecule has 166 valence electrons. The molecule has 2 N–H and O–H groups in total. The van der Waals surface area contributed by atoms with Crippen LogP contribution in [0.1, 0.15) is 44.0 Å². The maximum atomic E-state index is 12.4. The number of anilines is 1. The maximum Gasteiger partial charge on any atom is 0.251 e. The van der Waals surface area contributed by atoms with Gasteiger partial charge in [-0.05, 0) is 44.0 Å². The van der Waals surface area contributed by atoms with Crippen molar-refractivity contribution in [1.29, 1.82) is 0 Å². The van der Waals surface area contributed by atoms with E-state index in [1.165, 1.54) is 0 Å². The van der Waals surface area contributed by atoms with Gasteiger partial charge in [0.05, 0.1) is 24.7 Å². The van der Waals surface area contributed by atoms with Crippen molar-refractivity contribution in [3.8, 4) is 5.75 Å². The minimum atomic E-state index is -0.126. The SMILES string of the molecule is CCCNc1nc(SCCC)nc2c1cnn2CCNC(=O)c1ccc(OCC)cc1. The highest BCUT2D eigenvalue weighted by Crippen LogP contribution is 2.24. The molecule has 2 heterocycles. The summed E-state index contributed by atoms with van der Waals surface area (Å²) in [4.78, 5) is 21.8. The molecule has 31 heavy (non-hydrogen) atoms. The Kier molecular flexibility index (Phi) is 8.52. The fraction of sp³-hybridized carbons (Fsp3) is 0.455. The third-order valence-corrected chi connectivity index (χ3v) is 5.54. The number of carbonyl (C=O) groups excluding carboxylic acids is 1. The molecule has 0 spiro atoms. The molecule has 0 radical (unpaired) electrons. The van der Waals surface area contributed by atoms with E-state index >= 15 is 0 Å². The summed E-state index contributed by atoms with van der Waals surface area (Å²) in [5.74, 6) is 2.41. The molecule has 0 aliphatic rings. The van der Waals surface area contributed by atoms with E-state index in [1.54, 1.807) is 42.2 Å². The summed E-state index contributed by atoms with van der Waals surface area (Å²) in [5, 5.41) is 12.4. The molecule has 0 aliphatic carbocycles. The smallest absolute Gasteiger partial charge is 0.251 e. The Balaban J connectivity index is 1.68. The van der Waals surface area contributed by atoms with Gasteiger partial charge in [0.15, 0.2) is 10.8 Å². The molecule has 0 atom stereocenters. The molecule has 0 fully saturated rings. The minimum Gasteiger partial charge on any atom is -0.494 e. The standard InChI is InChI=1S/C22H30N6O2S/c1-4-11-23-19-18-15-25-28(20(18)27-22(26-19)31-14-5-2)13-12-24-21(29)16-7-9-17(10-8-16)30-6-3/h7-10,15H,4-6,11-14H2,1-3H3,(H,24,29)(H,23,26,27). The summed E-state index contributed by atoms with van der Waals surface area (Å²) in [5.41, 5.74) is 1.38. The van der Waals surface area contributed by atoms with Crippen molar-refractivity contribution >= 4 is 34.5 Å². The van der Waals surface area contributed by atoms with Crippen molar-refractivity contribution in [1.82, 2.24) is 25.1 Å². The van der Waals surface area contributed by atoms with E-state index < -0.39 is 0 Å². The Labute approximate surface area is 187 Å². The van der Waals surface area contributed by atoms with Gasteiger partial charge in [0.2, 0.25) is 0 Å². The second-order valence-corrected chi connectivity index (χ2v) is 8.01. The van der Waals surface area contributed by atoms with Gasteiger partial charge in [-0.2, -0.15) is 5.10 Å². The predicted molar refractivity (Wildman–Crippen MR) is 125 cm³/mol. The highest BCUT2D eigenvalue weighted by atomic mass is 32.2. The van der Waals surface area contributed by atoms with Crippen molar-refractivity contribution < 1.29 is 9.53 Å². The Morgan fingerprint density at radius 2 is 1.90 bits per heavy atom. The Morgan fingerprint density at radius 1 is 1.10 bits per heavy atom. The Morgan fingerprint density at radius 3 is 2.61 bits per heavy atom. The van der Waals surface area contributed by atoms with Gasteiger partial charge in [-0.3, -0.25) is 4.79 Å². The number of aromatic nitrogens is 4. The molecule has 0 saturated carbocycles. The zero-order valence-corrected chi connectivity index (χ0v) is 19.2. The average molecular weight is 443 g/mol. The van der Waals surface area contributed by atoms with Crippen LogP contribution in [0.3, 0.4) is 0 Å². The molecule has 0 bridgehead atoms. The first-order valence-corrected chi connectivity index (χ1v) is 11.8. The van der Waals surface area contributed by atoms with Gasteiger partial charge in [0, 0.05) is 24.4 Å². The molecule has 3 aromatic rings. The topological polar surface area (TPSA) is 94.0 Å². The Bertz CT molecular complexity index is 990. The van der Waals surface area contributed by atoms with E-state index in [2.05, 4.69) is 34.6 Å². The number of rotatable bonds is 12. The van der Waals surface area contributed by atoms with Crippen LogP contribution < -0.4 is 15.4 Å². The summed E-state index contributed by atoms with van der Waals surface area (Å²) in [6, 6.07) is 7.13. The number of amides is 1. The van der Waals surface area contributed by atoms with Crippen LogP contribution in [-0.2, 0) is 6.54 Å². The molecule has 1 aromatic carbocycles. The lowest BCUT2D eigenvalue weighted by molar-refractivity contribution is 0.0952. The van der Waals surface area contributed by atoms with Crippen LogP contribution in [0.5, 0.6) is 5.75 Å². The third kappa shape index (κ3) is 6.10. The van der Waals surface area contributed by atoms with Gasteiger partial charge in [-0.15, -0.1) is 0 Å². The first-order valence-electron chi connectivity index (χ1n) is 10.8. The number of carbonyl (C=O) groups is 1. The van der Waals surface area contributed by atoms with E-state index in [1.807, 2.05) is 11.6 Å². The zero-order chi connectivity index (χ0) is 22.1. The second kappa shape index (κ2) is 11.5. The number of hydrogen-bond donors (Lipinski definition) is 2. The van der Waals surface area contributed by atoms with Crippen LogP contribution in [0, 0.1) is 0 Å². The van der Waals surface area contributed by atoms with Crippen molar-refractivity contribution in [3.63, 3.8) is 0 Å². The number of benzene rings is 1. The minimum absolute atomic E-state index is 0.126. The van der Waals surface area contributed by atoms with Crippen LogP contribution >= 0.6 is 11.8 Å². The van der Waals surface area contributed by atoms with Crippen LogP contribution in [0.2, 0.25) is 0 Å². The lowest BCUT2D eigenvalue weighted by Gasteiger charge is -2.10. The van der Waals surface area contributed by atoms with Crippen molar-refractivity contribution in [3.05, 3.63) is 36.0 Å². The summed E-state index contributed by atoms with van der Waals surface area (Å²) >= 11 is 1.64. The number of thioether (sulfide) groups is 1. The third-order valence-electron chi connectivity index (χ3n) is 4.49. The molecule has 9 heteroatoms. The van der Waals surface area contributed by atoms with Crippen LogP contribution in [0.15, 0.2) is 35.6 Å². The van der Waals surface area contributed by atoms with E-state index in [4.69, 9.17) is 9.72 Å². The lowest BCUT2D eigenvalue weighted by atomic mass is 10.2. The monoisotopic (exact) mass is 442 g/mol. The molecular weight excluding hydrogens is 412 g/mol. The largest absolute Gasteiger partial charge is 0.494 e. The summed E-state index contributed by atoms with van der Waals surface area (Å²) in [7, 11) is 0. The fourth-order valence-electron chi connectivity index (χ4n) is 2.98. The van der Waals surface area contributed by atoms with Gasteiger partial charge < -0.3 is 15.4 Å². The van der Waals surface area contributed by atoms with Crippen molar-refractivity contribution in [2.75, 3.05) is 30.8 Å². The fourth-order valence-corrected chi connectivity index (χ4v) is 3.68. The van der Waals surface area contributed by atoms with Gasteiger partial charge in [0.1, 0.15) is 11.6 Å². The molecule has 3 rings (SSSR count). The molecule has 0 unspecified atom stereocenters. The first kappa shape index (κ1) is 22.9. The van der Waals surface area contributed by atoms with E-state index in [0.717, 1.165) is 52.9 Å². The summed E-state index contributed by atoms with van der Waals surface area (Å²) in [6.45, 7) is 8.59. The van der Waals surface area contributed by atoms with Crippen LogP contribution in [0.4, 0.5) is 5.82 Å². The highest BCUT2D eigenvalue weighted by Gasteiger charge is 2.13. The number of fused-ring (bicyclic) bond motifs is 1. The van der Waals surface area contributed by atoms with Gasteiger partial charge in [-0.1, -0.05) is 25.6 Å². The molecule has 0 saturated heterocycles. The number of ether oxygens (including phenoxy) is 1. The summed E-state index contributed by atoms with van der Waals surface area (Å²) < 4.78 is 7.24. The molecule has 2 aromatic heterocycles. The van der Waals surface area contributed by atoms with Crippen molar-refractivity contribution in [2.45, 2.75) is 45.3 Å². The highest BCUT2D eigenvalue weighted by molar-refractivity contribution is 7.99. The number of hydrogen-bond acceptors (Lipinski definition) is 7. The average Bonchev–Trinajstić information content (AvgIpc) is 3.19. The maximum absolute atomic E-state index is 12.4. The second-order valence-electron chi connectivity index (χ2n) is 6.95. The van der Waals surface area contributed by atoms with Crippen LogP contribution in [-0.4, -0.2) is 51.1 Å². The molecular formula is C22H30N6O2S. The zero-order valence-electron chi connectivity index (χ0n) is 18.4. The number of nitrogens with zero attached hydrogens (tertiary/aromatic N) is 4. The van der Waals surface area contributed by atoms with E-state index in [9.17, 15) is 4.79 Å². The normalized spacial score (nSPS) is 10.9. The molecule has 1 amide bonds. The van der Waals surface area contributed by atoms with Gasteiger partial charge in [-0.25, -0.2) is 14.6 Å².